The lowest BCUT2D eigenvalue weighted by Gasteiger charge is -2.13. The molecule has 0 amide bonds. The molecule has 3 atom stereocenters. The van der Waals surface area contributed by atoms with Crippen LogP contribution in [0.1, 0.15) is 5.56 Å². The predicted octanol–water partition coefficient (Wildman–Crippen LogP) is 4.40. The van der Waals surface area contributed by atoms with E-state index < -0.39 is 0 Å². The fourth-order valence-corrected chi connectivity index (χ4v) is 4.24. The lowest BCUT2D eigenvalue weighted by Crippen LogP contribution is -2.07. The average molecular weight is 330 g/mol. The molecule has 0 N–H and O–H groups in total. The first-order valence-corrected chi connectivity index (χ1v) is 9.53. The highest BCUT2D eigenvalue weighted by Gasteiger charge is 2.07. The van der Waals surface area contributed by atoms with Gasteiger partial charge in [0.25, 0.3) is 0 Å². The van der Waals surface area contributed by atoms with Gasteiger partial charge in [0.1, 0.15) is 0 Å². The van der Waals surface area contributed by atoms with Crippen molar-refractivity contribution in [1.82, 2.24) is 0 Å². The highest BCUT2D eigenvalue weighted by Crippen LogP contribution is 2.27. The van der Waals surface area contributed by atoms with Gasteiger partial charge in [-0.3, -0.25) is 0 Å². The van der Waals surface area contributed by atoms with Crippen LogP contribution in [0.15, 0.2) is 48.5 Å². The van der Waals surface area contributed by atoms with E-state index in [0.717, 1.165) is 24.7 Å². The maximum absolute atomic E-state index is 2.87. The number of hydrogen-bond acceptors (Lipinski definition) is 0. The first-order chi connectivity index (χ1) is 10.2. The third-order valence-corrected chi connectivity index (χ3v) is 5.81. The van der Waals surface area contributed by atoms with Crippen LogP contribution in [0.25, 0.3) is 21.5 Å². The second-order valence-electron chi connectivity index (χ2n) is 5.64. The molecule has 3 unspecified atom stereocenters. The molecule has 3 aromatic carbocycles. The number of benzene rings is 3. The summed E-state index contributed by atoms with van der Waals surface area (Å²) in [7, 11) is 8.51. The summed E-state index contributed by atoms with van der Waals surface area (Å²) in [6.45, 7) is 0. The maximum atomic E-state index is 2.87. The molecule has 21 heavy (non-hydrogen) atoms. The van der Waals surface area contributed by atoms with Gasteiger partial charge in [0.15, 0.2) is 0 Å². The molecule has 3 aromatic rings. The molecule has 0 heterocycles. The summed E-state index contributed by atoms with van der Waals surface area (Å²) in [6.07, 6.45) is 3.48. The minimum atomic E-state index is 0.734. The fraction of sp³-hybridized carbons (Fsp3) is 0.222. The van der Waals surface area contributed by atoms with Crippen molar-refractivity contribution < 1.29 is 0 Å². The van der Waals surface area contributed by atoms with Crippen molar-refractivity contribution >= 4 is 54.6 Å². The average Bonchev–Trinajstić information content (AvgIpc) is 2.51. The van der Waals surface area contributed by atoms with E-state index in [1.807, 2.05) is 0 Å². The molecule has 0 bridgehead atoms. The topological polar surface area (TPSA) is 0 Å². The third-order valence-electron chi connectivity index (χ3n) is 4.12. The second kappa shape index (κ2) is 6.71. The summed E-state index contributed by atoms with van der Waals surface area (Å²) >= 11 is 0. The third kappa shape index (κ3) is 3.29. The Morgan fingerprint density at radius 2 is 1.38 bits per heavy atom. The Bertz CT molecular complexity index is 776. The van der Waals surface area contributed by atoms with Gasteiger partial charge in [0.2, 0.25) is 0 Å². The maximum Gasteiger partial charge on any atom is -0.0105 e. The standard InChI is InChI=1S/C18H21P3/c19-10-13(11-20)7-12-1-5-17-14(8-12)2-3-15-9-16(21)4-6-18(15)17/h1-6,8-9,13H,7,10-11,19-21H2. The van der Waals surface area contributed by atoms with Gasteiger partial charge in [-0.1, -0.05) is 42.5 Å². The highest BCUT2D eigenvalue weighted by molar-refractivity contribution is 7.27. The molecule has 0 fully saturated rings. The van der Waals surface area contributed by atoms with Gasteiger partial charge in [0, 0.05) is 0 Å². The molecule has 0 saturated heterocycles. The van der Waals surface area contributed by atoms with Crippen LogP contribution in [0, 0.1) is 5.92 Å². The smallest absolute Gasteiger partial charge is 0.0105 e. The normalized spacial score (nSPS) is 11.6. The Hall–Kier alpha value is -0.530. The van der Waals surface area contributed by atoms with Crippen molar-refractivity contribution in [1.29, 1.82) is 0 Å². The number of hydrogen-bond donors (Lipinski definition) is 0. The molecule has 0 aliphatic heterocycles. The van der Waals surface area contributed by atoms with Gasteiger partial charge < -0.3 is 0 Å². The van der Waals surface area contributed by atoms with E-state index in [1.165, 1.54) is 32.4 Å². The van der Waals surface area contributed by atoms with Crippen LogP contribution in [0.3, 0.4) is 0 Å². The number of rotatable bonds is 4. The highest BCUT2D eigenvalue weighted by atomic mass is 31.0. The second-order valence-corrected chi connectivity index (χ2v) is 7.25. The summed E-state index contributed by atoms with van der Waals surface area (Å²) in [5, 5.41) is 6.61. The van der Waals surface area contributed by atoms with Crippen molar-refractivity contribution in [3.8, 4) is 0 Å². The van der Waals surface area contributed by atoms with E-state index in [-0.39, 0.29) is 0 Å². The zero-order valence-electron chi connectivity index (χ0n) is 12.0. The largest absolute Gasteiger partial charge is 0.137 e. The molecule has 0 aromatic heterocycles. The van der Waals surface area contributed by atoms with Crippen LogP contribution in [0.2, 0.25) is 0 Å². The van der Waals surface area contributed by atoms with Crippen LogP contribution in [-0.4, -0.2) is 12.3 Å². The molecule has 0 aliphatic carbocycles. The molecule has 3 heteroatoms. The Kier molecular flexibility index (Phi) is 4.91. The molecule has 0 nitrogen and oxygen atoms in total. The Morgan fingerprint density at radius 3 is 2.05 bits per heavy atom. The minimum Gasteiger partial charge on any atom is -0.137 e. The van der Waals surface area contributed by atoms with E-state index in [1.54, 1.807) is 0 Å². The minimum absolute atomic E-state index is 0.734. The van der Waals surface area contributed by atoms with Gasteiger partial charge in [-0.05, 0) is 63.1 Å². The van der Waals surface area contributed by atoms with E-state index in [9.17, 15) is 0 Å². The van der Waals surface area contributed by atoms with Crippen molar-refractivity contribution in [3.05, 3.63) is 54.1 Å². The summed E-state index contributed by atoms with van der Waals surface area (Å²) in [5.41, 5.74) is 1.44. The van der Waals surface area contributed by atoms with Crippen LogP contribution in [-0.2, 0) is 6.42 Å². The quantitative estimate of drug-likeness (QED) is 0.491. The summed E-state index contributed by atoms with van der Waals surface area (Å²) in [5.74, 6) is 0.734. The zero-order valence-corrected chi connectivity index (χ0v) is 15.5. The number of fused-ring (bicyclic) bond motifs is 3. The Balaban J connectivity index is 2.07. The Morgan fingerprint density at radius 1 is 0.762 bits per heavy atom. The summed E-state index contributed by atoms with van der Waals surface area (Å²) in [6, 6.07) is 18.1. The van der Waals surface area contributed by atoms with Gasteiger partial charge in [-0.15, -0.1) is 27.7 Å². The zero-order chi connectivity index (χ0) is 14.8. The van der Waals surface area contributed by atoms with Gasteiger partial charge in [-0.2, -0.15) is 0 Å². The van der Waals surface area contributed by atoms with Crippen LogP contribution >= 0.6 is 27.7 Å². The Labute approximate surface area is 133 Å². The first-order valence-electron chi connectivity index (χ1n) is 7.32. The van der Waals surface area contributed by atoms with E-state index >= 15 is 0 Å². The molecule has 0 saturated carbocycles. The molecular weight excluding hydrogens is 309 g/mol. The molecule has 0 spiro atoms. The van der Waals surface area contributed by atoms with Crippen LogP contribution in [0.4, 0.5) is 0 Å². The van der Waals surface area contributed by atoms with Crippen LogP contribution < -0.4 is 5.30 Å². The molecule has 108 valence electrons. The molecular formula is C18H21P3. The van der Waals surface area contributed by atoms with Crippen molar-refractivity contribution in [2.75, 3.05) is 12.3 Å². The van der Waals surface area contributed by atoms with Gasteiger partial charge in [-0.25, -0.2) is 0 Å². The van der Waals surface area contributed by atoms with Crippen molar-refractivity contribution in [3.63, 3.8) is 0 Å². The summed E-state index contributed by atoms with van der Waals surface area (Å²) in [4.78, 5) is 0. The molecule has 0 aliphatic rings. The monoisotopic (exact) mass is 330 g/mol. The van der Waals surface area contributed by atoms with E-state index in [0.29, 0.717) is 0 Å². The fourth-order valence-electron chi connectivity index (χ4n) is 2.86. The van der Waals surface area contributed by atoms with Gasteiger partial charge >= 0.3 is 0 Å². The van der Waals surface area contributed by atoms with E-state index in [4.69, 9.17) is 0 Å². The summed E-state index contributed by atoms with van der Waals surface area (Å²) < 4.78 is 0. The van der Waals surface area contributed by atoms with Crippen molar-refractivity contribution in [2.45, 2.75) is 6.42 Å². The SMILES string of the molecule is PCC(CP)Cc1ccc2c(ccc3cc(P)ccc32)c1. The predicted molar refractivity (Wildman–Crippen MR) is 107 cm³/mol. The molecule has 0 radical (unpaired) electrons. The van der Waals surface area contributed by atoms with E-state index in [2.05, 4.69) is 76.3 Å². The van der Waals surface area contributed by atoms with Crippen LogP contribution in [0.5, 0.6) is 0 Å². The molecule has 3 rings (SSSR count). The first kappa shape index (κ1) is 15.4. The van der Waals surface area contributed by atoms with Crippen molar-refractivity contribution in [2.24, 2.45) is 5.92 Å². The lowest BCUT2D eigenvalue weighted by molar-refractivity contribution is 0.671. The lowest BCUT2D eigenvalue weighted by atomic mass is 9.96. The van der Waals surface area contributed by atoms with Gasteiger partial charge in [0.05, 0.1) is 0 Å².